The Morgan fingerprint density at radius 3 is 2.47 bits per heavy atom. The largest absolute Gasteiger partial charge is 0.496 e. The molecule has 0 aliphatic carbocycles. The normalized spacial score (nSPS) is 11.9. The first-order valence-corrected chi connectivity index (χ1v) is 9.41. The summed E-state index contributed by atoms with van der Waals surface area (Å²) >= 11 is 0. The molecule has 0 unspecified atom stereocenters. The van der Waals surface area contributed by atoms with Crippen LogP contribution in [0.5, 0.6) is 5.75 Å². The van der Waals surface area contributed by atoms with E-state index in [1.165, 1.54) is 4.57 Å². The third kappa shape index (κ3) is 3.12. The summed E-state index contributed by atoms with van der Waals surface area (Å²) < 4.78 is 15.2. The Morgan fingerprint density at radius 2 is 1.87 bits per heavy atom. The lowest BCUT2D eigenvalue weighted by atomic mass is 10.0. The summed E-state index contributed by atoms with van der Waals surface area (Å²) in [5.41, 5.74) is 1.94. The molecule has 30 heavy (non-hydrogen) atoms. The van der Waals surface area contributed by atoms with Crippen LogP contribution in [-0.2, 0) is 18.8 Å². The number of rotatable bonds is 2. The van der Waals surface area contributed by atoms with Crippen LogP contribution in [0.25, 0.3) is 33.1 Å². The van der Waals surface area contributed by atoms with E-state index in [1.807, 2.05) is 19.3 Å². The van der Waals surface area contributed by atoms with Crippen LogP contribution in [0, 0.1) is 0 Å². The van der Waals surface area contributed by atoms with Gasteiger partial charge in [0.2, 0.25) is 0 Å². The number of methoxy groups -OCH3 is 1. The minimum absolute atomic E-state index is 0.439. The van der Waals surface area contributed by atoms with Crippen LogP contribution in [0.1, 0.15) is 20.8 Å². The molecule has 0 bridgehead atoms. The number of aryl methyl sites for hydroxylation is 2. The average molecular weight is 409 g/mol. The maximum absolute atomic E-state index is 12.9. The van der Waals surface area contributed by atoms with E-state index in [0.717, 1.165) is 15.7 Å². The first-order valence-electron chi connectivity index (χ1n) is 9.41. The number of pyridine rings is 1. The van der Waals surface area contributed by atoms with E-state index in [4.69, 9.17) is 9.47 Å². The third-order valence-corrected chi connectivity index (χ3v) is 4.80. The second-order valence-corrected chi connectivity index (χ2v) is 8.12. The summed E-state index contributed by atoms with van der Waals surface area (Å²) in [6.45, 7) is 5.27. The van der Waals surface area contributed by atoms with Crippen molar-refractivity contribution in [1.82, 2.24) is 23.9 Å². The molecule has 3 aromatic heterocycles. The van der Waals surface area contributed by atoms with Crippen molar-refractivity contribution in [3.8, 4) is 16.9 Å². The minimum atomic E-state index is -0.744. The van der Waals surface area contributed by atoms with Gasteiger partial charge in [-0.25, -0.2) is 9.59 Å². The van der Waals surface area contributed by atoms with Crippen molar-refractivity contribution in [2.24, 2.45) is 14.1 Å². The fourth-order valence-electron chi connectivity index (χ4n) is 3.46. The summed E-state index contributed by atoms with van der Waals surface area (Å²) in [6, 6.07) is 3.65. The fraction of sp³-hybridized carbons (Fsp3) is 0.333. The highest BCUT2D eigenvalue weighted by molar-refractivity contribution is 6.07. The van der Waals surface area contributed by atoms with Crippen molar-refractivity contribution in [2.45, 2.75) is 26.4 Å². The molecule has 4 aromatic rings. The number of aromatic nitrogens is 5. The Kier molecular flexibility index (Phi) is 4.41. The predicted octanol–water partition coefficient (Wildman–Crippen LogP) is 3.08. The summed E-state index contributed by atoms with van der Waals surface area (Å²) in [7, 11) is 5.01. The first kappa shape index (κ1) is 19.7. The second-order valence-electron chi connectivity index (χ2n) is 8.12. The standard InChI is InChI=1S/C21H23N5O4/c1-21(2,3)30-20(28)26-18-14-7-13(12-9-23-24(4)11-12)17(29-6)8-15(14)22-10-16(18)25(5)19(26)27/h7-11H,1-6H3. The van der Waals surface area contributed by atoms with E-state index < -0.39 is 17.4 Å². The van der Waals surface area contributed by atoms with Crippen molar-refractivity contribution in [3.05, 3.63) is 41.2 Å². The van der Waals surface area contributed by atoms with Gasteiger partial charge in [-0.05, 0) is 26.8 Å². The zero-order valence-corrected chi connectivity index (χ0v) is 17.8. The van der Waals surface area contributed by atoms with E-state index in [-0.39, 0.29) is 0 Å². The van der Waals surface area contributed by atoms with Gasteiger partial charge in [0.15, 0.2) is 0 Å². The van der Waals surface area contributed by atoms with Crippen LogP contribution < -0.4 is 10.4 Å². The second kappa shape index (κ2) is 6.72. The highest BCUT2D eigenvalue weighted by Gasteiger charge is 2.25. The SMILES string of the molecule is COc1cc2ncc3c(c2cc1-c1cnn(C)c1)n(C(=O)OC(C)(C)C)c(=O)n3C. The molecular formula is C21H23N5O4. The van der Waals surface area contributed by atoms with Gasteiger partial charge in [0, 0.05) is 42.9 Å². The number of benzene rings is 1. The number of fused-ring (bicyclic) bond motifs is 3. The number of hydrogen-bond donors (Lipinski definition) is 0. The van der Waals surface area contributed by atoms with Crippen molar-refractivity contribution in [3.63, 3.8) is 0 Å². The zero-order chi connectivity index (χ0) is 21.8. The lowest BCUT2D eigenvalue weighted by Crippen LogP contribution is -2.33. The number of nitrogens with zero attached hydrogens (tertiary/aromatic N) is 5. The van der Waals surface area contributed by atoms with Gasteiger partial charge in [-0.2, -0.15) is 9.67 Å². The average Bonchev–Trinajstić information content (AvgIpc) is 3.21. The molecule has 0 aliphatic rings. The van der Waals surface area contributed by atoms with Gasteiger partial charge in [0.25, 0.3) is 0 Å². The van der Waals surface area contributed by atoms with Gasteiger partial charge in [-0.3, -0.25) is 14.2 Å². The highest BCUT2D eigenvalue weighted by atomic mass is 16.6. The monoisotopic (exact) mass is 409 g/mol. The molecule has 0 spiro atoms. The molecule has 0 radical (unpaired) electrons. The highest BCUT2D eigenvalue weighted by Crippen LogP contribution is 2.35. The Morgan fingerprint density at radius 1 is 1.13 bits per heavy atom. The number of hydrogen-bond acceptors (Lipinski definition) is 6. The summed E-state index contributed by atoms with van der Waals surface area (Å²) in [6.07, 6.45) is 4.43. The van der Waals surface area contributed by atoms with Crippen molar-refractivity contribution < 1.29 is 14.3 Å². The predicted molar refractivity (Wildman–Crippen MR) is 113 cm³/mol. The number of imidazole rings is 1. The molecule has 1 aromatic carbocycles. The fourth-order valence-corrected chi connectivity index (χ4v) is 3.46. The lowest BCUT2D eigenvalue weighted by Gasteiger charge is -2.19. The Labute approximate surface area is 172 Å². The van der Waals surface area contributed by atoms with Gasteiger partial charge in [-0.15, -0.1) is 0 Å². The molecular weight excluding hydrogens is 386 g/mol. The topological polar surface area (TPSA) is 93.2 Å². The molecule has 0 N–H and O–H groups in total. The summed E-state index contributed by atoms with van der Waals surface area (Å²) in [4.78, 5) is 30.3. The van der Waals surface area contributed by atoms with Crippen molar-refractivity contribution in [2.75, 3.05) is 7.11 Å². The molecule has 9 heteroatoms. The molecule has 9 nitrogen and oxygen atoms in total. The Bertz CT molecular complexity index is 1350. The Hall–Kier alpha value is -3.62. The Balaban J connectivity index is 2.08. The van der Waals surface area contributed by atoms with E-state index in [2.05, 4.69) is 10.1 Å². The molecule has 0 saturated heterocycles. The summed E-state index contributed by atoms with van der Waals surface area (Å²) in [5, 5.41) is 4.86. The van der Waals surface area contributed by atoms with Gasteiger partial charge >= 0.3 is 11.8 Å². The molecule has 0 aliphatic heterocycles. The van der Waals surface area contributed by atoms with Crippen molar-refractivity contribution >= 4 is 28.0 Å². The van der Waals surface area contributed by atoms with E-state index in [0.29, 0.717) is 27.7 Å². The molecule has 3 heterocycles. The van der Waals surface area contributed by atoms with Crippen LogP contribution in [0.15, 0.2) is 35.5 Å². The molecule has 0 fully saturated rings. The maximum Gasteiger partial charge on any atom is 0.423 e. The quantitative estimate of drug-likeness (QED) is 0.505. The van der Waals surface area contributed by atoms with Crippen LogP contribution in [0.4, 0.5) is 4.79 Å². The van der Waals surface area contributed by atoms with E-state index in [9.17, 15) is 9.59 Å². The van der Waals surface area contributed by atoms with Gasteiger partial charge < -0.3 is 9.47 Å². The number of carbonyl (C=O) groups is 1. The van der Waals surface area contributed by atoms with Crippen LogP contribution >= 0.6 is 0 Å². The molecule has 4 rings (SSSR count). The first-order chi connectivity index (χ1) is 14.1. The molecule has 156 valence electrons. The number of ether oxygens (including phenoxy) is 2. The number of carbonyl (C=O) groups excluding carboxylic acids is 1. The lowest BCUT2D eigenvalue weighted by molar-refractivity contribution is 0.0537. The smallest absolute Gasteiger partial charge is 0.423 e. The van der Waals surface area contributed by atoms with Gasteiger partial charge in [0.05, 0.1) is 36.1 Å². The van der Waals surface area contributed by atoms with Gasteiger partial charge in [-0.1, -0.05) is 0 Å². The maximum atomic E-state index is 12.9. The van der Waals surface area contributed by atoms with Crippen LogP contribution in [-0.4, -0.2) is 42.7 Å². The van der Waals surface area contributed by atoms with E-state index in [1.54, 1.807) is 58.1 Å². The van der Waals surface area contributed by atoms with Crippen molar-refractivity contribution in [1.29, 1.82) is 0 Å². The van der Waals surface area contributed by atoms with Gasteiger partial charge in [0.1, 0.15) is 11.4 Å². The minimum Gasteiger partial charge on any atom is -0.496 e. The molecule has 0 saturated carbocycles. The summed E-state index contributed by atoms with van der Waals surface area (Å²) in [5.74, 6) is 0.615. The molecule has 0 atom stereocenters. The van der Waals surface area contributed by atoms with E-state index >= 15 is 0 Å². The zero-order valence-electron chi connectivity index (χ0n) is 17.8. The third-order valence-electron chi connectivity index (χ3n) is 4.80. The molecule has 0 amide bonds. The van der Waals surface area contributed by atoms with Crippen LogP contribution in [0.2, 0.25) is 0 Å². The van der Waals surface area contributed by atoms with Crippen LogP contribution in [0.3, 0.4) is 0 Å².